The number of methoxy groups -OCH3 is 1. The number of ether oxygens (including phenoxy) is 1. The fourth-order valence-corrected chi connectivity index (χ4v) is 2.63. The molecule has 7 heteroatoms. The number of aromatic amines is 1. The van der Waals surface area contributed by atoms with Gasteiger partial charge in [0.1, 0.15) is 11.6 Å². The van der Waals surface area contributed by atoms with Crippen LogP contribution in [-0.2, 0) is 6.42 Å². The van der Waals surface area contributed by atoms with Crippen molar-refractivity contribution in [2.75, 3.05) is 7.11 Å². The number of hydrogen-bond donors (Lipinski definition) is 3. The number of carboxylic acid groups (broad SMARTS) is 1. The molecule has 0 aliphatic heterocycles. The highest BCUT2D eigenvalue weighted by atomic mass is 16.5. The molecule has 126 valence electrons. The standard InChI is InChI=1S/C18H16N4O3/c1-25-13-5-2-11(3-6-13)8-16(22-18(23)24)17-20-14-7-4-12(10-19)9-15(14)21-17/h2-7,9,16,22H,8H2,1H3,(H,20,21)(H,23,24). The van der Waals surface area contributed by atoms with Gasteiger partial charge in [-0.1, -0.05) is 12.1 Å². The van der Waals surface area contributed by atoms with Crippen LogP contribution < -0.4 is 10.1 Å². The lowest BCUT2D eigenvalue weighted by atomic mass is 10.1. The number of fused-ring (bicyclic) bond motifs is 1. The predicted molar refractivity (Wildman–Crippen MR) is 91.4 cm³/mol. The molecule has 0 bridgehead atoms. The SMILES string of the molecule is COc1ccc(CC(NC(=O)O)c2nc3ccc(C#N)cc3[nH]2)cc1. The maximum absolute atomic E-state index is 11.2. The van der Waals surface area contributed by atoms with E-state index in [4.69, 9.17) is 15.1 Å². The zero-order chi connectivity index (χ0) is 17.8. The minimum absolute atomic E-state index is 0.432. The number of amides is 1. The second-order valence-electron chi connectivity index (χ2n) is 5.52. The van der Waals surface area contributed by atoms with Crippen molar-refractivity contribution in [2.24, 2.45) is 0 Å². The molecule has 1 unspecified atom stereocenters. The molecule has 3 rings (SSSR count). The molecule has 2 aromatic carbocycles. The average Bonchev–Trinajstić information content (AvgIpc) is 3.04. The Labute approximate surface area is 143 Å². The number of hydrogen-bond acceptors (Lipinski definition) is 4. The summed E-state index contributed by atoms with van der Waals surface area (Å²) in [6, 6.07) is 14.0. The number of imidazole rings is 1. The van der Waals surface area contributed by atoms with Crippen molar-refractivity contribution < 1.29 is 14.6 Å². The van der Waals surface area contributed by atoms with Gasteiger partial charge in [-0.05, 0) is 35.9 Å². The Bertz CT molecular complexity index is 941. The van der Waals surface area contributed by atoms with Crippen LogP contribution in [0.2, 0.25) is 0 Å². The van der Waals surface area contributed by atoms with Crippen LogP contribution in [0.15, 0.2) is 42.5 Å². The molecule has 0 aliphatic rings. The highest BCUT2D eigenvalue weighted by Gasteiger charge is 2.19. The highest BCUT2D eigenvalue weighted by molar-refractivity contribution is 5.77. The molecule has 1 heterocycles. The summed E-state index contributed by atoms with van der Waals surface area (Å²) in [5.41, 5.74) is 2.83. The molecule has 0 aliphatic carbocycles. The van der Waals surface area contributed by atoms with Crippen molar-refractivity contribution in [2.45, 2.75) is 12.5 Å². The first kappa shape index (κ1) is 16.3. The Kier molecular flexibility index (Phi) is 4.53. The van der Waals surface area contributed by atoms with Gasteiger partial charge in [0.05, 0.1) is 35.8 Å². The number of carbonyl (C=O) groups is 1. The Hall–Kier alpha value is -3.53. The third-order valence-electron chi connectivity index (χ3n) is 3.86. The molecule has 7 nitrogen and oxygen atoms in total. The van der Waals surface area contributed by atoms with Gasteiger partial charge in [-0.15, -0.1) is 0 Å². The number of H-pyrrole nitrogens is 1. The number of nitriles is 1. The molecule has 3 aromatic rings. The molecule has 0 saturated heterocycles. The smallest absolute Gasteiger partial charge is 0.405 e. The first-order chi connectivity index (χ1) is 12.1. The summed E-state index contributed by atoms with van der Waals surface area (Å²) in [5.74, 6) is 1.24. The Balaban J connectivity index is 1.91. The van der Waals surface area contributed by atoms with Crippen molar-refractivity contribution in [1.29, 1.82) is 5.26 Å². The molecule has 0 fully saturated rings. The second kappa shape index (κ2) is 6.93. The quantitative estimate of drug-likeness (QED) is 0.663. The zero-order valence-electron chi connectivity index (χ0n) is 13.5. The molecule has 0 saturated carbocycles. The first-order valence-corrected chi connectivity index (χ1v) is 7.61. The molecular formula is C18H16N4O3. The summed E-state index contributed by atoms with van der Waals surface area (Å²) >= 11 is 0. The molecule has 1 atom stereocenters. The summed E-state index contributed by atoms with van der Waals surface area (Å²) in [5, 5.41) is 20.6. The summed E-state index contributed by atoms with van der Waals surface area (Å²) in [6.07, 6.45) is -0.696. The minimum Gasteiger partial charge on any atom is -0.497 e. The van der Waals surface area contributed by atoms with E-state index in [1.54, 1.807) is 25.3 Å². The normalized spacial score (nSPS) is 11.7. The fourth-order valence-electron chi connectivity index (χ4n) is 2.63. The monoisotopic (exact) mass is 336 g/mol. The number of benzene rings is 2. The van der Waals surface area contributed by atoms with Crippen molar-refractivity contribution in [1.82, 2.24) is 15.3 Å². The molecule has 1 amide bonds. The van der Waals surface area contributed by atoms with Crippen LogP contribution in [0.3, 0.4) is 0 Å². The molecule has 25 heavy (non-hydrogen) atoms. The lowest BCUT2D eigenvalue weighted by molar-refractivity contribution is 0.189. The number of rotatable bonds is 5. The van der Waals surface area contributed by atoms with Gasteiger partial charge in [0.2, 0.25) is 0 Å². The van der Waals surface area contributed by atoms with E-state index in [2.05, 4.69) is 21.4 Å². The summed E-state index contributed by atoms with van der Waals surface area (Å²) in [6.45, 7) is 0. The lowest BCUT2D eigenvalue weighted by Gasteiger charge is -2.15. The van der Waals surface area contributed by atoms with Crippen LogP contribution in [0.1, 0.15) is 23.0 Å². The Morgan fingerprint density at radius 1 is 1.36 bits per heavy atom. The van der Waals surface area contributed by atoms with Crippen LogP contribution in [-0.4, -0.2) is 28.3 Å². The third kappa shape index (κ3) is 3.70. The summed E-state index contributed by atoms with van der Waals surface area (Å²) in [4.78, 5) is 18.7. The molecular weight excluding hydrogens is 320 g/mol. The van der Waals surface area contributed by atoms with E-state index in [-0.39, 0.29) is 0 Å². The number of aromatic nitrogens is 2. The van der Waals surface area contributed by atoms with Gasteiger partial charge in [-0.2, -0.15) is 5.26 Å². The van der Waals surface area contributed by atoms with Crippen LogP contribution in [0.4, 0.5) is 4.79 Å². The summed E-state index contributed by atoms with van der Waals surface area (Å²) < 4.78 is 5.13. The molecule has 1 aromatic heterocycles. The van der Waals surface area contributed by atoms with E-state index in [1.165, 1.54) is 0 Å². The average molecular weight is 336 g/mol. The maximum atomic E-state index is 11.2. The first-order valence-electron chi connectivity index (χ1n) is 7.61. The van der Waals surface area contributed by atoms with Crippen molar-refractivity contribution >= 4 is 17.1 Å². The Morgan fingerprint density at radius 2 is 2.12 bits per heavy atom. The topological polar surface area (TPSA) is 111 Å². The van der Waals surface area contributed by atoms with E-state index < -0.39 is 12.1 Å². The van der Waals surface area contributed by atoms with Gasteiger partial charge < -0.3 is 20.1 Å². The number of nitrogens with zero attached hydrogens (tertiary/aromatic N) is 2. The largest absolute Gasteiger partial charge is 0.497 e. The lowest BCUT2D eigenvalue weighted by Crippen LogP contribution is -2.29. The van der Waals surface area contributed by atoms with E-state index >= 15 is 0 Å². The van der Waals surface area contributed by atoms with Crippen LogP contribution in [0, 0.1) is 11.3 Å². The third-order valence-corrected chi connectivity index (χ3v) is 3.86. The highest BCUT2D eigenvalue weighted by Crippen LogP contribution is 2.22. The van der Waals surface area contributed by atoms with Crippen LogP contribution in [0.25, 0.3) is 11.0 Å². The number of nitrogens with one attached hydrogen (secondary N) is 2. The fraction of sp³-hybridized carbons (Fsp3) is 0.167. The summed E-state index contributed by atoms with van der Waals surface area (Å²) in [7, 11) is 1.59. The maximum Gasteiger partial charge on any atom is 0.405 e. The van der Waals surface area contributed by atoms with Gasteiger partial charge in [-0.3, -0.25) is 0 Å². The zero-order valence-corrected chi connectivity index (χ0v) is 13.5. The molecule has 0 spiro atoms. The van der Waals surface area contributed by atoms with E-state index in [0.29, 0.717) is 28.8 Å². The van der Waals surface area contributed by atoms with Gasteiger partial charge in [-0.25, -0.2) is 9.78 Å². The van der Waals surface area contributed by atoms with E-state index in [1.807, 2.05) is 24.3 Å². The van der Waals surface area contributed by atoms with Gasteiger partial charge >= 0.3 is 6.09 Å². The molecule has 3 N–H and O–H groups in total. The van der Waals surface area contributed by atoms with E-state index in [0.717, 1.165) is 11.3 Å². The Morgan fingerprint density at radius 3 is 2.76 bits per heavy atom. The van der Waals surface area contributed by atoms with Crippen molar-refractivity contribution in [3.63, 3.8) is 0 Å². The van der Waals surface area contributed by atoms with E-state index in [9.17, 15) is 4.79 Å². The molecule has 0 radical (unpaired) electrons. The van der Waals surface area contributed by atoms with Crippen molar-refractivity contribution in [3.05, 3.63) is 59.4 Å². The van der Waals surface area contributed by atoms with Crippen LogP contribution in [0.5, 0.6) is 5.75 Å². The van der Waals surface area contributed by atoms with Gasteiger partial charge in [0.25, 0.3) is 0 Å². The van der Waals surface area contributed by atoms with Crippen LogP contribution >= 0.6 is 0 Å². The second-order valence-corrected chi connectivity index (χ2v) is 5.52. The van der Waals surface area contributed by atoms with Gasteiger partial charge in [0, 0.05) is 6.42 Å². The van der Waals surface area contributed by atoms with Gasteiger partial charge in [0.15, 0.2) is 0 Å². The predicted octanol–water partition coefficient (Wildman–Crippen LogP) is 2.99. The van der Waals surface area contributed by atoms with Crippen molar-refractivity contribution in [3.8, 4) is 11.8 Å². The minimum atomic E-state index is -1.13.